The number of nitrogens with one attached hydrogen (secondary N) is 2. The van der Waals surface area contributed by atoms with E-state index < -0.39 is 18.3 Å². The first kappa shape index (κ1) is 26.9. The summed E-state index contributed by atoms with van der Waals surface area (Å²) in [7, 11) is 0. The third-order valence-corrected chi connectivity index (χ3v) is 6.66. The van der Waals surface area contributed by atoms with E-state index >= 15 is 0 Å². The molecule has 1 aliphatic rings. The molecule has 0 aliphatic heterocycles. The number of allylic oxidation sites excluding steroid dienone is 2. The van der Waals surface area contributed by atoms with Gasteiger partial charge in [0.15, 0.2) is 0 Å². The van der Waals surface area contributed by atoms with Crippen molar-refractivity contribution in [2.75, 3.05) is 6.54 Å². The summed E-state index contributed by atoms with van der Waals surface area (Å²) in [5.74, 6) is -0.213. The number of carbonyl (C=O) groups excluding carboxylic acids is 1. The van der Waals surface area contributed by atoms with Crippen LogP contribution in [0.3, 0.4) is 0 Å². The Bertz CT molecular complexity index is 914. The van der Waals surface area contributed by atoms with E-state index in [-0.39, 0.29) is 17.7 Å². The van der Waals surface area contributed by atoms with Crippen molar-refractivity contribution in [2.45, 2.75) is 69.7 Å². The van der Waals surface area contributed by atoms with Crippen LogP contribution < -0.4 is 5.32 Å². The van der Waals surface area contributed by atoms with Crippen LogP contribution in [0.2, 0.25) is 0 Å². The summed E-state index contributed by atoms with van der Waals surface area (Å²) in [4.78, 5) is 18.9. The molecule has 2 aromatic rings. The average molecular weight is 482 g/mol. The van der Waals surface area contributed by atoms with Crippen LogP contribution in [0, 0.1) is 11.8 Å². The van der Waals surface area contributed by atoms with Crippen LogP contribution in [0.1, 0.15) is 49.8 Å². The van der Waals surface area contributed by atoms with Gasteiger partial charge >= 0.3 is 0 Å². The largest absolute Gasteiger partial charge is 0.393 e. The van der Waals surface area contributed by atoms with E-state index in [2.05, 4.69) is 15.3 Å². The van der Waals surface area contributed by atoms with Crippen molar-refractivity contribution < 1.29 is 20.1 Å². The van der Waals surface area contributed by atoms with Gasteiger partial charge < -0.3 is 25.6 Å². The molecule has 35 heavy (non-hydrogen) atoms. The van der Waals surface area contributed by atoms with Crippen molar-refractivity contribution in [2.24, 2.45) is 11.8 Å². The van der Waals surface area contributed by atoms with Gasteiger partial charge in [-0.2, -0.15) is 0 Å². The summed E-state index contributed by atoms with van der Waals surface area (Å²) < 4.78 is 0. The minimum absolute atomic E-state index is 0.0447. The molecule has 7 heteroatoms. The van der Waals surface area contributed by atoms with Gasteiger partial charge in [-0.25, -0.2) is 4.98 Å². The molecule has 1 aromatic heterocycles. The molecule has 190 valence electrons. The maximum atomic E-state index is 11.9. The number of carbonyl (C=O) groups is 1. The molecule has 1 saturated carbocycles. The Kier molecular flexibility index (Phi) is 11.2. The number of amides is 1. The number of rotatable bonds is 14. The average Bonchev–Trinajstić information content (AvgIpc) is 3.46. The number of aryl methyl sites for hydroxylation is 1. The van der Waals surface area contributed by atoms with Crippen LogP contribution in [-0.4, -0.2) is 56.1 Å². The molecule has 5 N–H and O–H groups in total. The third kappa shape index (κ3) is 9.43. The van der Waals surface area contributed by atoms with Crippen molar-refractivity contribution >= 4 is 5.91 Å². The predicted octanol–water partition coefficient (Wildman–Crippen LogP) is 3.09. The molecular weight excluding hydrogens is 442 g/mol. The number of hydrogen-bond donors (Lipinski definition) is 5. The SMILES string of the molecule is O=C(CCC/C=C\C[C@@H]1[C@@H](/C=C/[C@@H](O)CCc2ccccc2)[C@H](O)C[C@@H]1O)NCCc1cnc[nH]1. The maximum Gasteiger partial charge on any atom is 0.220 e. The van der Waals surface area contributed by atoms with Gasteiger partial charge in [0.25, 0.3) is 0 Å². The molecule has 1 amide bonds. The number of nitrogens with zero attached hydrogens (tertiary/aromatic N) is 1. The number of aromatic amines is 1. The summed E-state index contributed by atoms with van der Waals surface area (Å²) in [5.41, 5.74) is 2.19. The topological polar surface area (TPSA) is 118 Å². The van der Waals surface area contributed by atoms with Gasteiger partial charge in [0.1, 0.15) is 0 Å². The Morgan fingerprint density at radius 3 is 2.77 bits per heavy atom. The Morgan fingerprint density at radius 1 is 1.17 bits per heavy atom. The van der Waals surface area contributed by atoms with Gasteiger partial charge in [-0.1, -0.05) is 54.6 Å². The smallest absolute Gasteiger partial charge is 0.220 e. The first-order valence-corrected chi connectivity index (χ1v) is 12.7. The Balaban J connectivity index is 1.34. The number of aliphatic hydroxyl groups excluding tert-OH is 3. The van der Waals surface area contributed by atoms with Gasteiger partial charge in [-0.15, -0.1) is 0 Å². The van der Waals surface area contributed by atoms with Gasteiger partial charge in [0.05, 0.1) is 24.6 Å². The van der Waals surface area contributed by atoms with Crippen LogP contribution in [-0.2, 0) is 17.6 Å². The molecule has 0 unspecified atom stereocenters. The fourth-order valence-electron chi connectivity index (χ4n) is 4.62. The van der Waals surface area contributed by atoms with E-state index in [0.29, 0.717) is 32.2 Å². The Labute approximate surface area is 208 Å². The van der Waals surface area contributed by atoms with E-state index in [1.165, 1.54) is 5.56 Å². The van der Waals surface area contributed by atoms with Crippen LogP contribution in [0.4, 0.5) is 0 Å². The number of hydrogen-bond acceptors (Lipinski definition) is 5. The van der Waals surface area contributed by atoms with Gasteiger partial charge in [0.2, 0.25) is 5.91 Å². The predicted molar refractivity (Wildman–Crippen MR) is 136 cm³/mol. The molecule has 1 heterocycles. The number of aliphatic hydroxyl groups is 3. The van der Waals surface area contributed by atoms with Crippen LogP contribution in [0.5, 0.6) is 0 Å². The standard InChI is InChI=1S/C28H39N3O4/c32-23(13-12-21-8-4-3-5-9-21)14-15-25-24(26(33)18-27(25)34)10-6-1-2-7-11-28(35)30-17-16-22-19-29-20-31-22/h1,3-6,8-9,14-15,19-20,23-27,32-34H,2,7,10-13,16-18H2,(H,29,31)(H,30,35)/b6-1-,15-14+/t23-,24+,25+,26-,27+/m0/s1. The van der Waals surface area contributed by atoms with Crippen LogP contribution >= 0.6 is 0 Å². The van der Waals surface area contributed by atoms with E-state index in [4.69, 9.17) is 0 Å². The highest BCUT2D eigenvalue weighted by Crippen LogP contribution is 2.36. The second kappa shape index (κ2) is 14.6. The molecule has 1 fully saturated rings. The second-order valence-corrected chi connectivity index (χ2v) is 9.36. The van der Waals surface area contributed by atoms with Crippen molar-refractivity contribution in [1.82, 2.24) is 15.3 Å². The van der Waals surface area contributed by atoms with E-state index in [1.54, 1.807) is 18.6 Å². The van der Waals surface area contributed by atoms with Crippen molar-refractivity contribution in [3.8, 4) is 0 Å². The molecule has 1 aromatic carbocycles. The molecule has 0 saturated heterocycles. The summed E-state index contributed by atoms with van der Waals surface area (Å²) in [5, 5.41) is 34.1. The van der Waals surface area contributed by atoms with Crippen LogP contribution in [0.25, 0.3) is 0 Å². The second-order valence-electron chi connectivity index (χ2n) is 9.36. The number of H-pyrrole nitrogens is 1. The molecule has 1 aliphatic carbocycles. The molecule has 0 spiro atoms. The van der Waals surface area contributed by atoms with E-state index in [0.717, 1.165) is 31.4 Å². The van der Waals surface area contributed by atoms with Gasteiger partial charge in [0, 0.05) is 43.6 Å². The molecule has 0 radical (unpaired) electrons. The number of benzene rings is 1. The molecule has 3 rings (SSSR count). The zero-order valence-corrected chi connectivity index (χ0v) is 20.3. The third-order valence-electron chi connectivity index (χ3n) is 6.66. The lowest BCUT2D eigenvalue weighted by Gasteiger charge is -2.19. The highest BCUT2D eigenvalue weighted by atomic mass is 16.3. The molecule has 7 nitrogen and oxygen atoms in total. The molecule has 0 bridgehead atoms. The molecular formula is C28H39N3O4. The zero-order valence-electron chi connectivity index (χ0n) is 20.3. The first-order valence-electron chi connectivity index (χ1n) is 12.7. The minimum Gasteiger partial charge on any atom is -0.393 e. The van der Waals surface area contributed by atoms with Crippen molar-refractivity contribution in [3.63, 3.8) is 0 Å². The van der Waals surface area contributed by atoms with Gasteiger partial charge in [-0.05, 0) is 43.6 Å². The lowest BCUT2D eigenvalue weighted by atomic mass is 9.89. The summed E-state index contributed by atoms with van der Waals surface area (Å²) in [6.45, 7) is 0.592. The Morgan fingerprint density at radius 2 is 2.00 bits per heavy atom. The minimum atomic E-state index is -0.605. The number of unbranched alkanes of at least 4 members (excludes halogenated alkanes) is 1. The zero-order chi connectivity index (χ0) is 24.9. The fraction of sp³-hybridized carbons (Fsp3) is 0.500. The number of imidazole rings is 1. The highest BCUT2D eigenvalue weighted by molar-refractivity contribution is 5.75. The summed E-state index contributed by atoms with van der Waals surface area (Å²) >= 11 is 0. The van der Waals surface area contributed by atoms with Crippen molar-refractivity contribution in [3.05, 3.63) is 78.4 Å². The summed E-state index contributed by atoms with van der Waals surface area (Å²) in [6, 6.07) is 10.1. The highest BCUT2D eigenvalue weighted by Gasteiger charge is 2.39. The molecule has 5 atom stereocenters. The summed E-state index contributed by atoms with van der Waals surface area (Å²) in [6.07, 6.45) is 14.5. The van der Waals surface area contributed by atoms with E-state index in [9.17, 15) is 20.1 Å². The van der Waals surface area contributed by atoms with Crippen molar-refractivity contribution in [1.29, 1.82) is 0 Å². The maximum absolute atomic E-state index is 11.9. The van der Waals surface area contributed by atoms with E-state index in [1.807, 2.05) is 48.6 Å². The monoisotopic (exact) mass is 481 g/mol. The fourth-order valence-corrected chi connectivity index (χ4v) is 4.62. The quantitative estimate of drug-likeness (QED) is 0.210. The lowest BCUT2D eigenvalue weighted by Crippen LogP contribution is -2.25. The van der Waals surface area contributed by atoms with Gasteiger partial charge in [-0.3, -0.25) is 4.79 Å². The number of aromatic nitrogens is 2. The normalized spacial score (nSPS) is 23.3. The lowest BCUT2D eigenvalue weighted by molar-refractivity contribution is -0.121. The van der Waals surface area contributed by atoms with Crippen LogP contribution in [0.15, 0.2) is 67.2 Å². The Hall–Kier alpha value is -2.74. The first-order chi connectivity index (χ1) is 17.0.